The summed E-state index contributed by atoms with van der Waals surface area (Å²) in [5.74, 6) is 0. The highest BCUT2D eigenvalue weighted by Gasteiger charge is 2.48. The fourth-order valence-electron chi connectivity index (χ4n) is 3.63. The van der Waals surface area contributed by atoms with E-state index in [4.69, 9.17) is 4.74 Å². The predicted molar refractivity (Wildman–Crippen MR) is 73.9 cm³/mol. The summed E-state index contributed by atoms with van der Waals surface area (Å²) >= 11 is 0. The lowest BCUT2D eigenvalue weighted by molar-refractivity contribution is -0.00409. The smallest absolute Gasteiger partial charge is 0.0568 e. The van der Waals surface area contributed by atoms with E-state index in [2.05, 4.69) is 23.2 Å². The zero-order valence-electron chi connectivity index (χ0n) is 11.0. The van der Waals surface area contributed by atoms with Crippen molar-refractivity contribution < 1.29 is 4.74 Å². The SMILES string of the molecule is C=CC1=C(N=C)CN(C2CC3(CCOC3)C2)CC1. The van der Waals surface area contributed by atoms with Gasteiger partial charge in [0.2, 0.25) is 0 Å². The summed E-state index contributed by atoms with van der Waals surface area (Å²) in [4.78, 5) is 6.74. The standard InChI is InChI=1S/C15H22N2O/c1-3-12-4-6-17(10-14(12)16-2)13-8-15(9-13)5-7-18-11-15/h3,13H,1-2,4-11H2. The predicted octanol–water partition coefficient (Wildman–Crippen LogP) is 2.40. The van der Waals surface area contributed by atoms with Crippen molar-refractivity contribution in [3.8, 4) is 0 Å². The molecule has 3 nitrogen and oxygen atoms in total. The van der Waals surface area contributed by atoms with Gasteiger partial charge in [0, 0.05) is 25.7 Å². The molecule has 0 amide bonds. The Labute approximate surface area is 109 Å². The second-order valence-electron chi connectivity index (χ2n) is 5.92. The zero-order chi connectivity index (χ0) is 12.6. The van der Waals surface area contributed by atoms with Gasteiger partial charge in [-0.25, -0.2) is 0 Å². The lowest BCUT2D eigenvalue weighted by atomic mass is 9.64. The molecule has 3 heteroatoms. The molecule has 0 aromatic rings. The number of hydrogen-bond donors (Lipinski definition) is 0. The normalized spacial score (nSPS) is 36.8. The van der Waals surface area contributed by atoms with Crippen molar-refractivity contribution >= 4 is 6.72 Å². The molecule has 0 aromatic heterocycles. The van der Waals surface area contributed by atoms with Crippen LogP contribution < -0.4 is 0 Å². The van der Waals surface area contributed by atoms with Crippen LogP contribution in [0.5, 0.6) is 0 Å². The molecule has 2 fully saturated rings. The minimum Gasteiger partial charge on any atom is -0.381 e. The minimum absolute atomic E-state index is 0.523. The van der Waals surface area contributed by atoms with Crippen molar-refractivity contribution in [2.75, 3.05) is 26.3 Å². The monoisotopic (exact) mass is 246 g/mol. The van der Waals surface area contributed by atoms with Gasteiger partial charge in [0.25, 0.3) is 0 Å². The van der Waals surface area contributed by atoms with Crippen molar-refractivity contribution in [1.82, 2.24) is 4.90 Å². The fraction of sp³-hybridized carbons (Fsp3) is 0.667. The first-order valence-electron chi connectivity index (χ1n) is 6.89. The Hall–Kier alpha value is -0.930. The number of nitrogens with zero attached hydrogens (tertiary/aromatic N) is 2. The first-order valence-corrected chi connectivity index (χ1v) is 6.89. The van der Waals surface area contributed by atoms with E-state index in [0.29, 0.717) is 5.41 Å². The molecule has 18 heavy (non-hydrogen) atoms. The fourth-order valence-corrected chi connectivity index (χ4v) is 3.63. The Morgan fingerprint density at radius 3 is 2.89 bits per heavy atom. The van der Waals surface area contributed by atoms with Gasteiger partial charge in [-0.2, -0.15) is 0 Å². The second kappa shape index (κ2) is 4.63. The van der Waals surface area contributed by atoms with Crippen molar-refractivity contribution in [2.24, 2.45) is 10.4 Å². The van der Waals surface area contributed by atoms with Gasteiger partial charge in [0.1, 0.15) is 0 Å². The number of allylic oxidation sites excluding steroid dienone is 1. The third kappa shape index (κ3) is 1.95. The molecule has 2 aliphatic heterocycles. The Balaban J connectivity index is 1.61. The first kappa shape index (κ1) is 12.1. The van der Waals surface area contributed by atoms with Gasteiger partial charge in [-0.15, -0.1) is 0 Å². The first-order chi connectivity index (χ1) is 8.76. The molecule has 2 heterocycles. The molecule has 3 aliphatic rings. The van der Waals surface area contributed by atoms with Gasteiger partial charge in [0.15, 0.2) is 0 Å². The van der Waals surface area contributed by atoms with E-state index in [1.165, 1.54) is 24.8 Å². The van der Waals surface area contributed by atoms with Crippen LogP contribution in [0.4, 0.5) is 0 Å². The van der Waals surface area contributed by atoms with Crippen LogP contribution in [-0.4, -0.2) is 44.0 Å². The van der Waals surface area contributed by atoms with Crippen LogP contribution in [0.3, 0.4) is 0 Å². The molecule has 0 atom stereocenters. The highest BCUT2D eigenvalue weighted by molar-refractivity contribution is 5.36. The van der Waals surface area contributed by atoms with Crippen molar-refractivity contribution in [2.45, 2.75) is 31.7 Å². The average Bonchev–Trinajstić information content (AvgIpc) is 2.85. The summed E-state index contributed by atoms with van der Waals surface area (Å²) in [6.45, 7) is 11.6. The Kier molecular flexibility index (Phi) is 3.12. The summed E-state index contributed by atoms with van der Waals surface area (Å²) in [5, 5.41) is 0. The van der Waals surface area contributed by atoms with Crippen LogP contribution in [-0.2, 0) is 4.74 Å². The van der Waals surface area contributed by atoms with E-state index in [0.717, 1.165) is 44.5 Å². The quantitative estimate of drug-likeness (QED) is 0.714. The summed E-state index contributed by atoms with van der Waals surface area (Å²) in [5.41, 5.74) is 2.92. The highest BCUT2D eigenvalue weighted by Crippen LogP contribution is 2.49. The number of ether oxygens (including phenoxy) is 1. The Morgan fingerprint density at radius 1 is 1.44 bits per heavy atom. The number of rotatable bonds is 3. The molecule has 0 radical (unpaired) electrons. The van der Waals surface area contributed by atoms with Crippen molar-refractivity contribution in [1.29, 1.82) is 0 Å². The lowest BCUT2D eigenvalue weighted by Crippen LogP contribution is -2.53. The molecule has 0 bridgehead atoms. The molecule has 98 valence electrons. The lowest BCUT2D eigenvalue weighted by Gasteiger charge is -2.50. The third-order valence-corrected chi connectivity index (χ3v) is 4.87. The van der Waals surface area contributed by atoms with Crippen LogP contribution >= 0.6 is 0 Å². The van der Waals surface area contributed by atoms with Crippen molar-refractivity contribution in [3.63, 3.8) is 0 Å². The molecule has 0 unspecified atom stereocenters. The van der Waals surface area contributed by atoms with Crippen LogP contribution in [0.25, 0.3) is 0 Å². The number of aliphatic imine (C=N–C) groups is 1. The Bertz CT molecular complexity index is 385. The second-order valence-corrected chi connectivity index (χ2v) is 5.92. The van der Waals surface area contributed by atoms with E-state index >= 15 is 0 Å². The topological polar surface area (TPSA) is 24.8 Å². The maximum atomic E-state index is 5.55. The van der Waals surface area contributed by atoms with Crippen LogP contribution in [0, 0.1) is 5.41 Å². The van der Waals surface area contributed by atoms with Gasteiger partial charge in [-0.3, -0.25) is 9.89 Å². The van der Waals surface area contributed by atoms with E-state index < -0.39 is 0 Å². The molecular weight excluding hydrogens is 224 g/mol. The maximum absolute atomic E-state index is 5.55. The van der Waals surface area contributed by atoms with Crippen LogP contribution in [0.15, 0.2) is 28.9 Å². The molecular formula is C15H22N2O. The van der Waals surface area contributed by atoms with Crippen molar-refractivity contribution in [3.05, 3.63) is 23.9 Å². The van der Waals surface area contributed by atoms with E-state index in [-0.39, 0.29) is 0 Å². The third-order valence-electron chi connectivity index (χ3n) is 4.87. The van der Waals surface area contributed by atoms with Gasteiger partial charge in [-0.05, 0) is 43.4 Å². The van der Waals surface area contributed by atoms with Gasteiger partial charge in [0.05, 0.1) is 12.3 Å². The summed E-state index contributed by atoms with van der Waals surface area (Å²) < 4.78 is 5.55. The minimum atomic E-state index is 0.523. The molecule has 1 aliphatic carbocycles. The highest BCUT2D eigenvalue weighted by atomic mass is 16.5. The van der Waals surface area contributed by atoms with E-state index in [1.54, 1.807) is 0 Å². The molecule has 1 saturated heterocycles. The summed E-state index contributed by atoms with van der Waals surface area (Å²) in [6, 6.07) is 0.731. The summed E-state index contributed by atoms with van der Waals surface area (Å²) in [7, 11) is 0. The average molecular weight is 246 g/mol. The van der Waals surface area contributed by atoms with Gasteiger partial charge >= 0.3 is 0 Å². The molecule has 0 aromatic carbocycles. The molecule has 3 rings (SSSR count). The van der Waals surface area contributed by atoms with E-state index in [1.807, 2.05) is 6.08 Å². The van der Waals surface area contributed by atoms with Gasteiger partial charge < -0.3 is 4.74 Å². The maximum Gasteiger partial charge on any atom is 0.0568 e. The largest absolute Gasteiger partial charge is 0.381 e. The van der Waals surface area contributed by atoms with Crippen LogP contribution in [0.2, 0.25) is 0 Å². The van der Waals surface area contributed by atoms with E-state index in [9.17, 15) is 0 Å². The number of hydrogen-bond acceptors (Lipinski definition) is 3. The molecule has 1 spiro atoms. The van der Waals surface area contributed by atoms with Crippen LogP contribution in [0.1, 0.15) is 25.7 Å². The Morgan fingerprint density at radius 2 is 2.28 bits per heavy atom. The van der Waals surface area contributed by atoms with Gasteiger partial charge in [-0.1, -0.05) is 12.7 Å². The molecule has 1 saturated carbocycles. The molecule has 0 N–H and O–H groups in total. The summed E-state index contributed by atoms with van der Waals surface area (Å²) in [6.07, 6.45) is 6.88. The zero-order valence-corrected chi connectivity index (χ0v) is 11.0.